The highest BCUT2D eigenvalue weighted by molar-refractivity contribution is 7.66. The summed E-state index contributed by atoms with van der Waals surface area (Å²) in [5, 5.41) is 0. The molecule has 0 spiro atoms. The van der Waals surface area contributed by atoms with Gasteiger partial charge >= 0.3 is 23.5 Å². The van der Waals surface area contributed by atoms with E-state index in [0.29, 0.717) is 11.2 Å². The molecular weight excluding hydrogens is 435 g/mol. The van der Waals surface area contributed by atoms with E-state index < -0.39 is 30.3 Å². The Morgan fingerprint density at radius 2 is 1.74 bits per heavy atom. The molecule has 0 saturated heterocycles. The molecule has 0 aliphatic heterocycles. The van der Waals surface area contributed by atoms with E-state index in [-0.39, 0.29) is 19.0 Å². The van der Waals surface area contributed by atoms with Gasteiger partial charge in [-0.1, -0.05) is 0 Å². The Labute approximate surface area is 150 Å². The lowest BCUT2D eigenvalue weighted by Gasteiger charge is -2.16. The number of rotatable bonds is 10. The molecule has 16 nitrogen and oxygen atoms in total. The molecule has 2 heterocycles. The Hall–Kier alpha value is -1.28. The monoisotopic (exact) mass is 449 g/mol. The minimum atomic E-state index is -5.56. The largest absolute Gasteiger partial charge is 0.490 e. The fraction of sp³-hybridized carbons (Fsp3) is 0.375. The molecule has 0 saturated carbocycles. The van der Waals surface area contributed by atoms with Crippen LogP contribution in [0.4, 0.5) is 5.82 Å². The van der Waals surface area contributed by atoms with Crippen molar-refractivity contribution >= 4 is 40.4 Å². The van der Waals surface area contributed by atoms with Gasteiger partial charge in [0.15, 0.2) is 18.3 Å². The number of nitrogen functional groups attached to an aromatic ring is 1. The van der Waals surface area contributed by atoms with E-state index in [1.807, 2.05) is 0 Å². The number of nitrogens with two attached hydrogens (primary N) is 1. The number of imidazole rings is 1. The molecule has 2 atom stereocenters. The lowest BCUT2D eigenvalue weighted by atomic mass is 10.5. The predicted octanol–water partition coefficient (Wildman–Crippen LogP) is -0.274. The van der Waals surface area contributed by atoms with Crippen molar-refractivity contribution in [2.45, 2.75) is 6.54 Å². The van der Waals surface area contributed by atoms with Crippen LogP contribution in [-0.4, -0.2) is 52.5 Å². The normalized spacial score (nSPS) is 16.9. The third kappa shape index (κ3) is 6.99. The van der Waals surface area contributed by atoms with E-state index in [9.17, 15) is 18.6 Å². The Bertz CT molecular complexity index is 943. The molecule has 0 aromatic carbocycles. The Morgan fingerprint density at radius 3 is 2.41 bits per heavy atom. The van der Waals surface area contributed by atoms with Gasteiger partial charge in [0.05, 0.1) is 12.9 Å². The third-order valence-electron chi connectivity index (χ3n) is 2.62. The molecule has 19 heteroatoms. The van der Waals surface area contributed by atoms with Gasteiger partial charge in [0.1, 0.15) is 11.8 Å². The number of hydrogen-bond donors (Lipinski definition) is 5. The molecule has 2 aromatic rings. The Kier molecular flexibility index (Phi) is 6.84. The van der Waals surface area contributed by atoms with Crippen molar-refractivity contribution in [2.24, 2.45) is 0 Å². The molecule has 6 N–H and O–H groups in total. The maximum atomic E-state index is 11.4. The summed E-state index contributed by atoms with van der Waals surface area (Å²) in [5.74, 6) is 0.187. The highest BCUT2D eigenvalue weighted by atomic mass is 31.3. The van der Waals surface area contributed by atoms with E-state index in [0.717, 1.165) is 0 Å². The highest BCUT2D eigenvalue weighted by Crippen LogP contribution is 2.66. The Balaban J connectivity index is 1.80. The molecule has 0 aliphatic carbocycles. The zero-order valence-corrected chi connectivity index (χ0v) is 15.8. The molecule has 152 valence electrons. The van der Waals surface area contributed by atoms with Gasteiger partial charge in [0.2, 0.25) is 0 Å². The van der Waals surface area contributed by atoms with Gasteiger partial charge in [-0.05, 0) is 0 Å². The van der Waals surface area contributed by atoms with E-state index in [4.69, 9.17) is 25.2 Å². The van der Waals surface area contributed by atoms with E-state index in [1.165, 1.54) is 12.7 Å². The molecule has 0 bridgehead atoms. The highest BCUT2D eigenvalue weighted by Gasteiger charge is 2.40. The first-order chi connectivity index (χ1) is 12.4. The summed E-state index contributed by atoms with van der Waals surface area (Å²) in [4.78, 5) is 46.8. The minimum absolute atomic E-state index is 0.0643. The molecule has 27 heavy (non-hydrogen) atoms. The van der Waals surface area contributed by atoms with Gasteiger partial charge < -0.3 is 34.6 Å². The van der Waals surface area contributed by atoms with Crippen molar-refractivity contribution in [3.63, 3.8) is 0 Å². The van der Waals surface area contributed by atoms with Crippen molar-refractivity contribution in [1.29, 1.82) is 0 Å². The Morgan fingerprint density at radius 1 is 1.04 bits per heavy atom. The van der Waals surface area contributed by atoms with Gasteiger partial charge in [-0.25, -0.2) is 28.6 Å². The maximum Gasteiger partial charge on any atom is 0.490 e. The number of nitrogens with zero attached hydrogens (tertiary/aromatic N) is 4. The molecule has 0 radical (unpaired) electrons. The number of aromatic nitrogens is 4. The molecule has 0 aliphatic rings. The topological polar surface area (TPSA) is 239 Å². The van der Waals surface area contributed by atoms with Crippen molar-refractivity contribution < 1.29 is 51.2 Å². The van der Waals surface area contributed by atoms with E-state index in [2.05, 4.69) is 28.1 Å². The van der Waals surface area contributed by atoms with Gasteiger partial charge in [0.25, 0.3) is 0 Å². The number of ether oxygens (including phenoxy) is 1. The van der Waals surface area contributed by atoms with Crippen LogP contribution in [-0.2, 0) is 38.1 Å². The van der Waals surface area contributed by atoms with Crippen LogP contribution in [0.1, 0.15) is 0 Å². The second-order valence-electron chi connectivity index (χ2n) is 4.62. The smallest absolute Gasteiger partial charge is 0.382 e. The van der Waals surface area contributed by atoms with Crippen LogP contribution in [0.25, 0.3) is 11.2 Å². The number of fused-ring (bicyclic) bond motifs is 1. The lowest BCUT2D eigenvalue weighted by molar-refractivity contribution is -0.00429. The predicted molar refractivity (Wildman–Crippen MR) is 85.5 cm³/mol. The van der Waals surface area contributed by atoms with Crippen LogP contribution >= 0.6 is 23.5 Å². The second-order valence-corrected chi connectivity index (χ2v) is 9.04. The van der Waals surface area contributed by atoms with Crippen LogP contribution < -0.4 is 5.73 Å². The van der Waals surface area contributed by atoms with Crippen LogP contribution in [0.2, 0.25) is 0 Å². The summed E-state index contributed by atoms with van der Waals surface area (Å²) in [5.41, 5.74) is 6.44. The van der Waals surface area contributed by atoms with Gasteiger partial charge in [-0.15, -0.1) is 0 Å². The van der Waals surface area contributed by atoms with Crippen molar-refractivity contribution in [1.82, 2.24) is 19.5 Å². The summed E-state index contributed by atoms with van der Waals surface area (Å²) in [7, 11) is -16.2. The van der Waals surface area contributed by atoms with Crippen LogP contribution in [0.3, 0.4) is 0 Å². The zero-order chi connectivity index (χ0) is 20.3. The minimum Gasteiger partial charge on any atom is -0.382 e. The standard InChI is InChI=1S/C8H14N5O11P3/c9-7-6-8(11-3-10-7)13(4-12-6)1-2-21-5-22-26(17,18)24-27(19,20)23-25(14,15)16/h3-4H,1-2,5H2,(H,17,18)(H,19,20)(H2,9,10,11)(H2,14,15,16). The molecule has 0 amide bonds. The fourth-order valence-corrected chi connectivity index (χ4v) is 4.59. The van der Waals surface area contributed by atoms with Gasteiger partial charge in [-0.3, -0.25) is 4.52 Å². The first kappa shape index (κ1) is 22.0. The number of anilines is 1. The molecule has 0 fully saturated rings. The second kappa shape index (κ2) is 8.39. The van der Waals surface area contributed by atoms with Gasteiger partial charge in [-0.2, -0.15) is 8.62 Å². The van der Waals surface area contributed by atoms with Crippen molar-refractivity contribution in [3.05, 3.63) is 12.7 Å². The summed E-state index contributed by atoms with van der Waals surface area (Å²) < 4.78 is 50.8. The zero-order valence-electron chi connectivity index (χ0n) is 13.1. The summed E-state index contributed by atoms with van der Waals surface area (Å²) in [6.07, 6.45) is 2.66. The van der Waals surface area contributed by atoms with Crippen LogP contribution in [0, 0.1) is 0 Å². The summed E-state index contributed by atoms with van der Waals surface area (Å²) in [6, 6.07) is 0. The fourth-order valence-electron chi connectivity index (χ4n) is 1.69. The molecule has 2 aromatic heterocycles. The third-order valence-corrected chi connectivity index (χ3v) is 6.38. The van der Waals surface area contributed by atoms with Crippen molar-refractivity contribution in [2.75, 3.05) is 19.1 Å². The summed E-state index contributed by atoms with van der Waals surface area (Å²) in [6.45, 7) is -0.731. The van der Waals surface area contributed by atoms with Crippen LogP contribution in [0.15, 0.2) is 12.7 Å². The maximum absolute atomic E-state index is 11.4. The average Bonchev–Trinajstić information content (AvgIpc) is 2.87. The summed E-state index contributed by atoms with van der Waals surface area (Å²) >= 11 is 0. The number of phosphoric ester groups is 1. The number of phosphoric acid groups is 3. The van der Waals surface area contributed by atoms with Gasteiger partial charge in [0, 0.05) is 6.54 Å². The lowest BCUT2D eigenvalue weighted by Crippen LogP contribution is -2.08. The van der Waals surface area contributed by atoms with E-state index in [1.54, 1.807) is 4.57 Å². The molecule has 2 unspecified atom stereocenters. The van der Waals surface area contributed by atoms with Crippen LogP contribution in [0.5, 0.6) is 0 Å². The number of hydrogen-bond acceptors (Lipinski definition) is 11. The average molecular weight is 449 g/mol. The van der Waals surface area contributed by atoms with E-state index >= 15 is 0 Å². The van der Waals surface area contributed by atoms with Crippen molar-refractivity contribution in [3.8, 4) is 0 Å². The molecule has 2 rings (SSSR count). The molecular formula is C8H14N5O11P3. The SMILES string of the molecule is Nc1ncnc2c1ncn2CCOCOP(=O)(O)OP(=O)(O)OP(=O)(O)O. The first-order valence-corrected chi connectivity index (χ1v) is 11.2. The first-order valence-electron chi connectivity index (χ1n) is 6.66. The quantitative estimate of drug-likeness (QED) is 0.178.